The highest BCUT2D eigenvalue weighted by molar-refractivity contribution is 7.92. The molecule has 5 nitrogen and oxygen atoms in total. The van der Waals surface area contributed by atoms with Crippen LogP contribution in [0.3, 0.4) is 0 Å². The summed E-state index contributed by atoms with van der Waals surface area (Å²) in [6.45, 7) is 0.345. The summed E-state index contributed by atoms with van der Waals surface area (Å²) in [7, 11) is -4.12. The summed E-state index contributed by atoms with van der Waals surface area (Å²) in [5, 5.41) is 1.11. The molecule has 1 atom stereocenters. The second-order valence-corrected chi connectivity index (χ2v) is 8.41. The Morgan fingerprint density at radius 3 is 2.81 bits per heavy atom. The lowest BCUT2D eigenvalue weighted by molar-refractivity contribution is 0.343. The highest BCUT2D eigenvalue weighted by Crippen LogP contribution is 2.37. The molecule has 0 radical (unpaired) electrons. The fourth-order valence-corrected chi connectivity index (χ4v) is 5.13. The van der Waals surface area contributed by atoms with Crippen molar-refractivity contribution in [3.05, 3.63) is 23.2 Å². The van der Waals surface area contributed by atoms with Crippen molar-refractivity contribution in [1.82, 2.24) is 4.72 Å². The summed E-state index contributed by atoms with van der Waals surface area (Å²) in [4.78, 5) is 8.74. The monoisotopic (exact) mass is 387 g/mol. The molecule has 0 aliphatic rings. The van der Waals surface area contributed by atoms with Crippen molar-refractivity contribution in [3.8, 4) is 5.75 Å². The van der Waals surface area contributed by atoms with Crippen LogP contribution >= 0.6 is 43.3 Å². The molecule has 1 aromatic carbocycles. The number of thiophene rings is 1. The van der Waals surface area contributed by atoms with Gasteiger partial charge in [0.15, 0.2) is 0 Å². The number of rotatable bonds is 7. The van der Waals surface area contributed by atoms with E-state index in [1.807, 2.05) is 0 Å². The van der Waals surface area contributed by atoms with Crippen molar-refractivity contribution >= 4 is 63.5 Å². The first kappa shape index (κ1) is 17.2. The lowest BCUT2D eigenvalue weighted by Gasteiger charge is -2.04. The zero-order chi connectivity index (χ0) is 15.5. The molecule has 21 heavy (non-hydrogen) atoms. The van der Waals surface area contributed by atoms with Crippen LogP contribution in [-0.4, -0.2) is 32.1 Å². The van der Waals surface area contributed by atoms with Crippen LogP contribution in [0.25, 0.3) is 10.1 Å². The smallest absolute Gasteiger partial charge is 0.250 e. The van der Waals surface area contributed by atoms with Crippen LogP contribution in [-0.2, 0) is 10.0 Å². The third-order valence-electron chi connectivity index (χ3n) is 2.47. The van der Waals surface area contributed by atoms with E-state index >= 15 is 0 Å². The Morgan fingerprint density at radius 1 is 1.38 bits per heavy atom. The average molecular weight is 388 g/mol. The number of hydrogen-bond acceptors (Lipinski definition) is 5. The van der Waals surface area contributed by atoms with E-state index in [4.69, 9.17) is 32.8 Å². The largest absolute Gasteiger partial charge is 0.492 e. The van der Waals surface area contributed by atoms with Gasteiger partial charge in [-0.2, -0.15) is 0 Å². The number of fused-ring (bicyclic) bond motifs is 1. The van der Waals surface area contributed by atoms with E-state index in [-0.39, 0.29) is 10.5 Å². The quantitative estimate of drug-likeness (QED) is 0.565. The Morgan fingerprint density at radius 2 is 2.14 bits per heavy atom. The Labute approximate surface area is 138 Å². The summed E-state index contributed by atoms with van der Waals surface area (Å²) >= 11 is 12.8. The lowest BCUT2D eigenvalue weighted by Crippen LogP contribution is -2.21. The van der Waals surface area contributed by atoms with Gasteiger partial charge in [-0.3, -0.25) is 0 Å². The van der Waals surface area contributed by atoms with Gasteiger partial charge >= 0.3 is 0 Å². The molecule has 1 aromatic heterocycles. The van der Waals surface area contributed by atoms with Crippen LogP contribution in [0.4, 0.5) is 0 Å². The van der Waals surface area contributed by atoms with E-state index in [2.05, 4.69) is 4.72 Å². The molecule has 0 spiro atoms. The van der Waals surface area contributed by atoms with Crippen LogP contribution in [0, 0.1) is 0 Å². The van der Waals surface area contributed by atoms with Crippen molar-refractivity contribution in [2.45, 2.75) is 4.21 Å². The van der Waals surface area contributed by atoms with E-state index in [1.54, 1.807) is 12.1 Å². The summed E-state index contributed by atoms with van der Waals surface area (Å²) < 4.78 is 32.6. The van der Waals surface area contributed by atoms with Crippen LogP contribution in [0.15, 0.2) is 22.4 Å². The van der Waals surface area contributed by atoms with E-state index in [1.165, 1.54) is 6.07 Å². The maximum Gasteiger partial charge on any atom is 0.250 e. The number of sulfonamides is 1. The van der Waals surface area contributed by atoms with Crippen molar-refractivity contribution < 1.29 is 18.0 Å². The molecule has 116 valence electrons. The molecule has 0 saturated carbocycles. The summed E-state index contributed by atoms with van der Waals surface area (Å²) in [6.07, 6.45) is -0.00556. The first-order valence-electron chi connectivity index (χ1n) is 5.76. The third kappa shape index (κ3) is 4.20. The molecule has 1 unspecified atom stereocenters. The second-order valence-electron chi connectivity index (χ2n) is 3.91. The fraction of sp³-hybridized carbons (Fsp3) is 0.273. The number of hydrogen-bond donors (Lipinski definition) is 2. The Balaban J connectivity index is 2.39. The summed E-state index contributed by atoms with van der Waals surface area (Å²) in [5.41, 5.74) is 0. The molecule has 0 fully saturated rings. The maximum absolute atomic E-state index is 12.0. The van der Waals surface area contributed by atoms with Gasteiger partial charge in [0, 0.05) is 14.9 Å². The van der Waals surface area contributed by atoms with Gasteiger partial charge in [-0.1, -0.05) is 11.6 Å². The normalized spacial score (nSPS) is 12.5. The topological polar surface area (TPSA) is 75.6 Å². The van der Waals surface area contributed by atoms with Crippen molar-refractivity contribution in [2.24, 2.45) is 0 Å². The minimum atomic E-state index is -3.64. The highest BCUT2D eigenvalue weighted by atomic mass is 35.5. The van der Waals surface area contributed by atoms with E-state index in [0.29, 0.717) is 33.3 Å². The van der Waals surface area contributed by atoms with Gasteiger partial charge < -0.3 is 9.63 Å². The predicted octanol–water partition coefficient (Wildman–Crippen LogP) is 2.99. The predicted molar refractivity (Wildman–Crippen MR) is 88.8 cm³/mol. The molecule has 0 aliphatic heterocycles. The number of ether oxygens (including phenoxy) is 1. The number of alkyl halides is 1. The first-order chi connectivity index (χ1) is 9.97. The Kier molecular flexibility index (Phi) is 6.08. The zero-order valence-electron chi connectivity index (χ0n) is 10.6. The third-order valence-corrected chi connectivity index (χ3v) is 6.69. The molecule has 0 aliphatic carbocycles. The minimum Gasteiger partial charge on any atom is -0.492 e. The molecule has 10 heteroatoms. The van der Waals surface area contributed by atoms with E-state index in [9.17, 15) is 8.42 Å². The molecule has 2 N–H and O–H groups in total. The van der Waals surface area contributed by atoms with Gasteiger partial charge in [0.25, 0.3) is 0 Å². The van der Waals surface area contributed by atoms with Crippen molar-refractivity contribution in [2.75, 3.05) is 18.8 Å². The minimum absolute atomic E-state index is 0.00556. The van der Waals surface area contributed by atoms with Gasteiger partial charge in [-0.25, -0.2) is 13.1 Å². The second kappa shape index (κ2) is 7.42. The van der Waals surface area contributed by atoms with E-state index in [0.717, 1.165) is 11.3 Å². The number of benzene rings is 1. The number of halogens is 2. The van der Waals surface area contributed by atoms with Gasteiger partial charge in [-0.15, -0.1) is 22.9 Å². The molecule has 0 bridgehead atoms. The van der Waals surface area contributed by atoms with Crippen LogP contribution in [0.1, 0.15) is 0 Å². The molecule has 2 aromatic rings. The molecule has 1 heterocycles. The highest BCUT2D eigenvalue weighted by Gasteiger charge is 2.18. The molecule has 0 amide bonds. The summed E-state index contributed by atoms with van der Waals surface area (Å²) in [5.74, 6) is 0.893. The van der Waals surface area contributed by atoms with Gasteiger partial charge in [0.2, 0.25) is 10.0 Å². The van der Waals surface area contributed by atoms with E-state index < -0.39 is 18.8 Å². The number of nitrogens with one attached hydrogen (secondary N) is 1. The Bertz CT molecular complexity index is 735. The van der Waals surface area contributed by atoms with Crippen LogP contribution in [0.2, 0.25) is 5.02 Å². The van der Waals surface area contributed by atoms with Gasteiger partial charge in [0.1, 0.15) is 16.6 Å². The fourth-order valence-electron chi connectivity index (χ4n) is 1.63. The van der Waals surface area contributed by atoms with Crippen molar-refractivity contribution in [1.29, 1.82) is 0 Å². The zero-order valence-corrected chi connectivity index (χ0v) is 14.7. The van der Waals surface area contributed by atoms with Gasteiger partial charge in [-0.05, 0) is 17.5 Å². The first-order valence-corrected chi connectivity index (χ1v) is 10.1. The molecule has 2 rings (SSSR count). The molecular weight excluding hydrogens is 376 g/mol. The SMILES string of the molecule is O=S(=O)(NCPO)c1cc2cc(OCCCl)cc(Cl)c2s1. The van der Waals surface area contributed by atoms with Crippen molar-refractivity contribution in [3.63, 3.8) is 0 Å². The van der Waals surface area contributed by atoms with Gasteiger partial charge in [0.05, 0.1) is 21.9 Å². The maximum atomic E-state index is 12.0. The summed E-state index contributed by atoms with van der Waals surface area (Å²) in [6, 6.07) is 4.88. The average Bonchev–Trinajstić information content (AvgIpc) is 2.88. The molecule has 0 saturated heterocycles. The van der Waals surface area contributed by atoms with Crippen LogP contribution in [0.5, 0.6) is 5.75 Å². The Hall–Kier alpha value is -0.140. The lowest BCUT2D eigenvalue weighted by atomic mass is 10.2. The van der Waals surface area contributed by atoms with Crippen LogP contribution < -0.4 is 9.46 Å². The standard InChI is InChI=1S/C11H12Cl2NO4PS2/c12-1-2-18-8-3-7-4-10(20-11(7)9(13)5-8)21(16,17)14-6-19-15/h3-5,14-15,19H,1-2,6H2. The molecular formula is C11H12Cl2NO4PS2.